The summed E-state index contributed by atoms with van der Waals surface area (Å²) in [6, 6.07) is 13.5. The monoisotopic (exact) mass is 381 g/mol. The molecule has 0 radical (unpaired) electrons. The Bertz CT molecular complexity index is 944. The van der Waals surface area contributed by atoms with Crippen molar-refractivity contribution in [1.29, 1.82) is 0 Å². The van der Waals surface area contributed by atoms with Crippen LogP contribution in [0.5, 0.6) is 0 Å². The van der Waals surface area contributed by atoms with Gasteiger partial charge in [0.15, 0.2) is 5.82 Å². The van der Waals surface area contributed by atoms with E-state index in [0.717, 1.165) is 10.6 Å². The van der Waals surface area contributed by atoms with Gasteiger partial charge in [-0.15, -0.1) is 16.4 Å². The quantitative estimate of drug-likeness (QED) is 0.750. The number of hydrogen-bond donors (Lipinski definition) is 1. The van der Waals surface area contributed by atoms with Crippen LogP contribution in [0.25, 0.3) is 16.4 Å². The van der Waals surface area contributed by atoms with Crippen molar-refractivity contribution in [2.24, 2.45) is 11.7 Å². The van der Waals surface area contributed by atoms with Crippen molar-refractivity contribution in [2.45, 2.75) is 12.8 Å². The van der Waals surface area contributed by atoms with E-state index in [-0.39, 0.29) is 23.6 Å². The second kappa shape index (κ2) is 7.32. The van der Waals surface area contributed by atoms with E-state index in [9.17, 15) is 9.59 Å². The molecule has 7 nitrogen and oxygen atoms in total. The number of primary amides is 1. The molecule has 27 heavy (non-hydrogen) atoms. The Morgan fingerprint density at radius 1 is 1.07 bits per heavy atom. The molecular formula is C19H19N5O2S. The molecule has 3 aromatic rings. The molecule has 0 spiro atoms. The molecule has 1 saturated heterocycles. The number of para-hydroxylation sites is 1. The number of likely N-dealkylation sites (tertiary alicyclic amines) is 1. The van der Waals surface area contributed by atoms with Crippen LogP contribution in [0.2, 0.25) is 0 Å². The molecule has 0 saturated carbocycles. The van der Waals surface area contributed by atoms with Crippen LogP contribution in [0.4, 0.5) is 0 Å². The minimum absolute atomic E-state index is 0.162. The number of benzene rings is 1. The van der Waals surface area contributed by atoms with E-state index in [1.807, 2.05) is 47.8 Å². The average Bonchev–Trinajstić information content (AvgIpc) is 3.38. The molecule has 3 heterocycles. The van der Waals surface area contributed by atoms with Gasteiger partial charge in [-0.1, -0.05) is 24.3 Å². The van der Waals surface area contributed by atoms with E-state index >= 15 is 0 Å². The first kappa shape index (κ1) is 17.4. The van der Waals surface area contributed by atoms with Gasteiger partial charge in [-0.2, -0.15) is 0 Å². The molecule has 4 rings (SSSR count). The van der Waals surface area contributed by atoms with Crippen LogP contribution in [-0.2, 0) is 4.79 Å². The normalized spacial score (nSPS) is 15.0. The Morgan fingerprint density at radius 3 is 2.44 bits per heavy atom. The second-order valence-electron chi connectivity index (χ2n) is 6.45. The lowest BCUT2D eigenvalue weighted by Gasteiger charge is -2.29. The number of amides is 2. The van der Waals surface area contributed by atoms with E-state index in [2.05, 4.69) is 10.1 Å². The summed E-state index contributed by atoms with van der Waals surface area (Å²) in [5.74, 6) is 0.135. The molecule has 2 aromatic heterocycles. The highest BCUT2D eigenvalue weighted by atomic mass is 32.1. The van der Waals surface area contributed by atoms with Crippen molar-refractivity contribution >= 4 is 23.2 Å². The van der Waals surface area contributed by atoms with E-state index in [0.29, 0.717) is 31.8 Å². The fraction of sp³-hybridized carbons (Fsp3) is 0.263. The Hall–Kier alpha value is -3.00. The van der Waals surface area contributed by atoms with Crippen molar-refractivity contribution in [3.8, 4) is 16.4 Å². The smallest absolute Gasteiger partial charge is 0.293 e. The van der Waals surface area contributed by atoms with Gasteiger partial charge in [0.1, 0.15) is 0 Å². The fourth-order valence-electron chi connectivity index (χ4n) is 3.23. The predicted octanol–water partition coefficient (Wildman–Crippen LogP) is 2.33. The molecule has 2 amide bonds. The Labute approximate surface area is 160 Å². The highest BCUT2D eigenvalue weighted by Gasteiger charge is 2.29. The number of nitrogens with two attached hydrogens (primary N) is 1. The maximum absolute atomic E-state index is 12.9. The third kappa shape index (κ3) is 3.48. The molecule has 1 fully saturated rings. The van der Waals surface area contributed by atoms with Crippen LogP contribution in [0.1, 0.15) is 23.5 Å². The standard InChI is InChI=1S/C19H19N5O2S/c20-16(25)13-8-10-23(11-9-13)19(26)17-21-18(15-7-4-12-27-15)24(22-17)14-5-2-1-3-6-14/h1-7,12-13H,8-11H2,(H2,20,25). The number of thiophene rings is 1. The van der Waals surface area contributed by atoms with E-state index in [1.165, 1.54) is 0 Å². The summed E-state index contributed by atoms with van der Waals surface area (Å²) in [4.78, 5) is 31.4. The van der Waals surface area contributed by atoms with Crippen molar-refractivity contribution < 1.29 is 9.59 Å². The fourth-order valence-corrected chi connectivity index (χ4v) is 3.92. The van der Waals surface area contributed by atoms with Crippen molar-refractivity contribution in [3.63, 3.8) is 0 Å². The lowest BCUT2D eigenvalue weighted by atomic mass is 9.96. The zero-order valence-corrected chi connectivity index (χ0v) is 15.4. The minimum atomic E-state index is -0.298. The van der Waals surface area contributed by atoms with Crippen LogP contribution in [0.15, 0.2) is 47.8 Å². The van der Waals surface area contributed by atoms with E-state index in [4.69, 9.17) is 5.73 Å². The number of rotatable bonds is 4. The van der Waals surface area contributed by atoms with Gasteiger partial charge < -0.3 is 10.6 Å². The highest BCUT2D eigenvalue weighted by Crippen LogP contribution is 2.26. The van der Waals surface area contributed by atoms with Crippen LogP contribution in [-0.4, -0.2) is 44.6 Å². The Kier molecular flexibility index (Phi) is 4.72. The largest absolute Gasteiger partial charge is 0.369 e. The SMILES string of the molecule is NC(=O)C1CCN(C(=O)c2nc(-c3cccs3)n(-c3ccccc3)n2)CC1. The number of nitrogens with zero attached hydrogens (tertiary/aromatic N) is 4. The number of aromatic nitrogens is 3. The summed E-state index contributed by atoms with van der Waals surface area (Å²) < 4.78 is 1.70. The van der Waals surface area contributed by atoms with Gasteiger partial charge in [0.05, 0.1) is 10.6 Å². The Morgan fingerprint density at radius 2 is 1.81 bits per heavy atom. The van der Waals surface area contributed by atoms with Crippen LogP contribution in [0, 0.1) is 5.92 Å². The average molecular weight is 381 g/mol. The Balaban J connectivity index is 1.64. The molecule has 1 aromatic carbocycles. The molecule has 0 aliphatic carbocycles. The zero-order chi connectivity index (χ0) is 18.8. The molecule has 0 unspecified atom stereocenters. The van der Waals surface area contributed by atoms with Gasteiger partial charge in [0, 0.05) is 19.0 Å². The summed E-state index contributed by atoms with van der Waals surface area (Å²) in [5, 5.41) is 6.46. The van der Waals surface area contributed by atoms with Gasteiger partial charge >= 0.3 is 0 Å². The molecule has 0 bridgehead atoms. The second-order valence-corrected chi connectivity index (χ2v) is 7.40. The summed E-state index contributed by atoms with van der Waals surface area (Å²) in [6.07, 6.45) is 1.16. The lowest BCUT2D eigenvalue weighted by Crippen LogP contribution is -2.42. The molecule has 0 atom stereocenters. The topological polar surface area (TPSA) is 94.1 Å². The van der Waals surface area contributed by atoms with Crippen LogP contribution < -0.4 is 5.73 Å². The minimum Gasteiger partial charge on any atom is -0.369 e. The van der Waals surface area contributed by atoms with Gasteiger partial charge in [-0.25, -0.2) is 9.67 Å². The van der Waals surface area contributed by atoms with Gasteiger partial charge in [-0.3, -0.25) is 9.59 Å². The predicted molar refractivity (Wildman–Crippen MR) is 102 cm³/mol. The molecule has 1 aliphatic heterocycles. The third-order valence-corrected chi connectivity index (χ3v) is 5.59. The zero-order valence-electron chi connectivity index (χ0n) is 14.6. The first-order chi connectivity index (χ1) is 13.1. The molecular weight excluding hydrogens is 362 g/mol. The summed E-state index contributed by atoms with van der Waals surface area (Å²) in [5.41, 5.74) is 6.22. The van der Waals surface area contributed by atoms with E-state index in [1.54, 1.807) is 20.9 Å². The van der Waals surface area contributed by atoms with Gasteiger partial charge in [0.25, 0.3) is 5.91 Å². The van der Waals surface area contributed by atoms with Crippen LogP contribution >= 0.6 is 11.3 Å². The number of carbonyl (C=O) groups is 2. The van der Waals surface area contributed by atoms with Crippen molar-refractivity contribution in [3.05, 3.63) is 53.7 Å². The van der Waals surface area contributed by atoms with Crippen LogP contribution in [0.3, 0.4) is 0 Å². The maximum Gasteiger partial charge on any atom is 0.293 e. The van der Waals surface area contributed by atoms with Crippen molar-refractivity contribution in [1.82, 2.24) is 19.7 Å². The molecule has 8 heteroatoms. The third-order valence-electron chi connectivity index (χ3n) is 4.73. The number of hydrogen-bond acceptors (Lipinski definition) is 5. The molecule has 1 aliphatic rings. The summed E-state index contributed by atoms with van der Waals surface area (Å²) in [6.45, 7) is 0.974. The molecule has 138 valence electrons. The molecule has 2 N–H and O–H groups in total. The lowest BCUT2D eigenvalue weighted by molar-refractivity contribution is -0.123. The summed E-state index contributed by atoms with van der Waals surface area (Å²) >= 11 is 1.55. The highest BCUT2D eigenvalue weighted by molar-refractivity contribution is 7.13. The van der Waals surface area contributed by atoms with Gasteiger partial charge in [-0.05, 0) is 36.4 Å². The maximum atomic E-state index is 12.9. The summed E-state index contributed by atoms with van der Waals surface area (Å²) in [7, 11) is 0. The van der Waals surface area contributed by atoms with Gasteiger partial charge in [0.2, 0.25) is 11.7 Å². The first-order valence-electron chi connectivity index (χ1n) is 8.78. The van der Waals surface area contributed by atoms with E-state index < -0.39 is 0 Å². The number of piperidine rings is 1. The first-order valence-corrected chi connectivity index (χ1v) is 9.66. The number of carbonyl (C=O) groups excluding carboxylic acids is 2. The van der Waals surface area contributed by atoms with Crippen molar-refractivity contribution in [2.75, 3.05) is 13.1 Å².